The molecule has 1 aromatic heterocycles. The quantitative estimate of drug-likeness (QED) is 0.725. The van der Waals surface area contributed by atoms with E-state index in [9.17, 15) is 5.11 Å². The molecule has 2 rings (SSSR count). The van der Waals surface area contributed by atoms with Crippen LogP contribution in [0.25, 0.3) is 0 Å². The van der Waals surface area contributed by atoms with Gasteiger partial charge in [0.2, 0.25) is 0 Å². The molecular weight excluding hydrogens is 194 g/mol. The lowest BCUT2D eigenvalue weighted by Gasteiger charge is -2.25. The van der Waals surface area contributed by atoms with Gasteiger partial charge in [-0.15, -0.1) is 10.2 Å². The van der Waals surface area contributed by atoms with Crippen molar-refractivity contribution in [3.63, 3.8) is 0 Å². The number of aromatic nitrogens is 3. The van der Waals surface area contributed by atoms with Crippen LogP contribution in [0, 0.1) is 5.92 Å². The summed E-state index contributed by atoms with van der Waals surface area (Å²) >= 11 is 0. The predicted octanol–water partition coefficient (Wildman–Crippen LogP) is 0.0602. The van der Waals surface area contributed by atoms with Gasteiger partial charge >= 0.3 is 0 Å². The molecule has 1 aliphatic rings. The van der Waals surface area contributed by atoms with E-state index in [0.29, 0.717) is 12.4 Å². The Morgan fingerprint density at radius 1 is 1.47 bits per heavy atom. The fourth-order valence-corrected chi connectivity index (χ4v) is 2.00. The second-order valence-corrected chi connectivity index (χ2v) is 4.70. The molecule has 15 heavy (non-hydrogen) atoms. The summed E-state index contributed by atoms with van der Waals surface area (Å²) in [6.45, 7) is 4.29. The standard InChI is InChI=1S/C10H17N3O2/c1-10(2,15)9-12-11-8-4-3-7(6-14)5-13(8)9/h7,14-15H,3-6H2,1-2H3. The molecule has 2 heterocycles. The van der Waals surface area contributed by atoms with E-state index in [2.05, 4.69) is 10.2 Å². The number of hydrogen-bond acceptors (Lipinski definition) is 4. The molecule has 0 fully saturated rings. The van der Waals surface area contributed by atoms with Gasteiger partial charge in [0, 0.05) is 25.5 Å². The molecule has 1 aliphatic heterocycles. The van der Waals surface area contributed by atoms with E-state index in [1.807, 2.05) is 4.57 Å². The first kappa shape index (κ1) is 10.6. The maximum atomic E-state index is 9.91. The molecule has 1 atom stereocenters. The number of aliphatic hydroxyl groups excluding tert-OH is 1. The van der Waals surface area contributed by atoms with Gasteiger partial charge in [-0.05, 0) is 20.3 Å². The third-order valence-electron chi connectivity index (χ3n) is 2.85. The molecule has 5 nitrogen and oxygen atoms in total. The Balaban J connectivity index is 2.34. The van der Waals surface area contributed by atoms with E-state index in [-0.39, 0.29) is 12.5 Å². The van der Waals surface area contributed by atoms with E-state index in [1.54, 1.807) is 13.8 Å². The minimum Gasteiger partial charge on any atom is -0.396 e. The number of hydrogen-bond donors (Lipinski definition) is 2. The van der Waals surface area contributed by atoms with Gasteiger partial charge < -0.3 is 14.8 Å². The van der Waals surface area contributed by atoms with Crippen LogP contribution in [0.1, 0.15) is 31.9 Å². The highest BCUT2D eigenvalue weighted by Crippen LogP contribution is 2.25. The van der Waals surface area contributed by atoms with Crippen molar-refractivity contribution in [2.75, 3.05) is 6.61 Å². The Labute approximate surface area is 88.8 Å². The summed E-state index contributed by atoms with van der Waals surface area (Å²) in [5.74, 6) is 1.77. The molecule has 1 unspecified atom stereocenters. The van der Waals surface area contributed by atoms with Crippen molar-refractivity contribution >= 4 is 0 Å². The summed E-state index contributed by atoms with van der Waals surface area (Å²) in [7, 11) is 0. The lowest BCUT2D eigenvalue weighted by atomic mass is 9.99. The fourth-order valence-electron chi connectivity index (χ4n) is 2.00. The first-order chi connectivity index (χ1) is 7.02. The zero-order chi connectivity index (χ0) is 11.1. The van der Waals surface area contributed by atoms with Crippen LogP contribution in [0.4, 0.5) is 0 Å². The van der Waals surface area contributed by atoms with Crippen molar-refractivity contribution in [2.45, 2.75) is 38.8 Å². The van der Waals surface area contributed by atoms with Crippen LogP contribution < -0.4 is 0 Å². The Hall–Kier alpha value is -0.940. The molecule has 2 N–H and O–H groups in total. The Bertz CT molecular complexity index is 354. The number of fused-ring (bicyclic) bond motifs is 1. The van der Waals surface area contributed by atoms with Crippen molar-refractivity contribution in [3.05, 3.63) is 11.6 Å². The van der Waals surface area contributed by atoms with Crippen molar-refractivity contribution in [1.82, 2.24) is 14.8 Å². The van der Waals surface area contributed by atoms with Crippen LogP contribution in [0.2, 0.25) is 0 Å². The molecule has 5 heteroatoms. The average Bonchev–Trinajstić information content (AvgIpc) is 2.59. The smallest absolute Gasteiger partial charge is 0.164 e. The van der Waals surface area contributed by atoms with Crippen LogP contribution in [0.5, 0.6) is 0 Å². The Morgan fingerprint density at radius 2 is 2.20 bits per heavy atom. The molecule has 0 bridgehead atoms. The third kappa shape index (κ3) is 1.89. The molecule has 0 saturated carbocycles. The highest BCUT2D eigenvalue weighted by Gasteiger charge is 2.29. The largest absolute Gasteiger partial charge is 0.396 e. The summed E-state index contributed by atoms with van der Waals surface area (Å²) in [5, 5.41) is 27.1. The van der Waals surface area contributed by atoms with Crippen LogP contribution in [0.3, 0.4) is 0 Å². The van der Waals surface area contributed by atoms with Crippen molar-refractivity contribution in [2.24, 2.45) is 5.92 Å². The highest BCUT2D eigenvalue weighted by atomic mass is 16.3. The molecule has 1 aromatic rings. The molecule has 0 aromatic carbocycles. The summed E-state index contributed by atoms with van der Waals surface area (Å²) in [6, 6.07) is 0. The molecular formula is C10H17N3O2. The van der Waals surface area contributed by atoms with Gasteiger partial charge in [0.15, 0.2) is 5.82 Å². The molecule has 84 valence electrons. The van der Waals surface area contributed by atoms with E-state index in [0.717, 1.165) is 18.7 Å². The number of aliphatic hydroxyl groups is 2. The van der Waals surface area contributed by atoms with Crippen molar-refractivity contribution in [3.8, 4) is 0 Å². The van der Waals surface area contributed by atoms with Crippen LogP contribution in [0.15, 0.2) is 0 Å². The average molecular weight is 211 g/mol. The lowest BCUT2D eigenvalue weighted by Crippen LogP contribution is -2.29. The maximum Gasteiger partial charge on any atom is 0.164 e. The zero-order valence-electron chi connectivity index (χ0n) is 9.14. The molecule has 0 amide bonds. The van der Waals surface area contributed by atoms with Crippen molar-refractivity contribution < 1.29 is 10.2 Å². The lowest BCUT2D eigenvalue weighted by molar-refractivity contribution is 0.0609. The SMILES string of the molecule is CC(C)(O)c1nnc2n1CC(CO)CC2. The number of aryl methyl sites for hydroxylation is 1. The molecule has 0 spiro atoms. The number of rotatable bonds is 2. The van der Waals surface area contributed by atoms with Crippen LogP contribution >= 0.6 is 0 Å². The van der Waals surface area contributed by atoms with Gasteiger partial charge in [-0.25, -0.2) is 0 Å². The van der Waals surface area contributed by atoms with E-state index in [4.69, 9.17) is 5.11 Å². The van der Waals surface area contributed by atoms with Crippen LogP contribution in [-0.4, -0.2) is 31.6 Å². The van der Waals surface area contributed by atoms with Crippen LogP contribution in [-0.2, 0) is 18.6 Å². The van der Waals surface area contributed by atoms with Crippen molar-refractivity contribution in [1.29, 1.82) is 0 Å². The van der Waals surface area contributed by atoms with Gasteiger partial charge in [0.1, 0.15) is 11.4 Å². The zero-order valence-corrected chi connectivity index (χ0v) is 9.14. The minimum absolute atomic E-state index is 0.183. The molecule has 0 radical (unpaired) electrons. The summed E-state index contributed by atoms with van der Waals surface area (Å²) in [4.78, 5) is 0. The Morgan fingerprint density at radius 3 is 2.80 bits per heavy atom. The summed E-state index contributed by atoms with van der Waals surface area (Å²) in [6.07, 6.45) is 1.77. The fraction of sp³-hybridized carbons (Fsp3) is 0.800. The first-order valence-corrected chi connectivity index (χ1v) is 5.28. The maximum absolute atomic E-state index is 9.91. The predicted molar refractivity (Wildman–Crippen MR) is 54.2 cm³/mol. The third-order valence-corrected chi connectivity index (χ3v) is 2.85. The Kier molecular flexibility index (Phi) is 2.52. The van der Waals surface area contributed by atoms with E-state index >= 15 is 0 Å². The van der Waals surface area contributed by atoms with Gasteiger partial charge in [0.05, 0.1) is 0 Å². The van der Waals surface area contributed by atoms with Gasteiger partial charge in [-0.2, -0.15) is 0 Å². The number of nitrogens with zero attached hydrogens (tertiary/aromatic N) is 3. The van der Waals surface area contributed by atoms with E-state index in [1.165, 1.54) is 0 Å². The normalized spacial score (nSPS) is 21.5. The van der Waals surface area contributed by atoms with Gasteiger partial charge in [-0.1, -0.05) is 0 Å². The molecule has 0 aliphatic carbocycles. The minimum atomic E-state index is -0.970. The first-order valence-electron chi connectivity index (χ1n) is 5.28. The monoisotopic (exact) mass is 211 g/mol. The van der Waals surface area contributed by atoms with Gasteiger partial charge in [0.25, 0.3) is 0 Å². The second kappa shape index (κ2) is 3.57. The summed E-state index contributed by atoms with van der Waals surface area (Å²) < 4.78 is 1.93. The summed E-state index contributed by atoms with van der Waals surface area (Å²) in [5.41, 5.74) is -0.970. The van der Waals surface area contributed by atoms with E-state index < -0.39 is 5.60 Å². The second-order valence-electron chi connectivity index (χ2n) is 4.70. The van der Waals surface area contributed by atoms with Gasteiger partial charge in [-0.3, -0.25) is 0 Å². The molecule has 0 saturated heterocycles. The highest BCUT2D eigenvalue weighted by molar-refractivity contribution is 5.05. The topological polar surface area (TPSA) is 71.2 Å².